The van der Waals surface area contributed by atoms with Crippen LogP contribution in [0.3, 0.4) is 0 Å². The average Bonchev–Trinajstić information content (AvgIpc) is 2.50. The Morgan fingerprint density at radius 1 is 1.05 bits per heavy atom. The topological polar surface area (TPSA) is 53.5 Å². The maximum absolute atomic E-state index is 5.76. The first-order valence-corrected chi connectivity index (χ1v) is 7.60. The molecule has 0 unspecified atom stereocenters. The highest BCUT2D eigenvalue weighted by Gasteiger charge is 2.09. The van der Waals surface area contributed by atoms with Gasteiger partial charge in [0.1, 0.15) is 0 Å². The Labute approximate surface area is 127 Å². The van der Waals surface area contributed by atoms with Crippen molar-refractivity contribution in [3.05, 3.63) is 17.8 Å². The van der Waals surface area contributed by atoms with E-state index in [0.717, 1.165) is 31.4 Å². The van der Waals surface area contributed by atoms with Gasteiger partial charge in [0.05, 0.1) is 25.5 Å². The summed E-state index contributed by atoms with van der Waals surface area (Å²) in [5, 5.41) is 8.24. The first-order valence-electron chi connectivity index (χ1n) is 7.60. The molecule has 0 aliphatic carbocycles. The summed E-state index contributed by atoms with van der Waals surface area (Å²) in [6.45, 7) is 6.09. The Bertz CT molecular complexity index is 422. The minimum Gasteiger partial charge on any atom is -0.488 e. The zero-order chi connectivity index (χ0) is 15.3. The van der Waals surface area contributed by atoms with Crippen LogP contribution in [0.1, 0.15) is 45.2 Å². The highest BCUT2D eigenvalue weighted by Crippen LogP contribution is 2.25. The summed E-state index contributed by atoms with van der Waals surface area (Å²) < 4.78 is 16.4. The normalized spacial score (nSPS) is 11.0. The number of hydrogen-bond donors (Lipinski definition) is 0. The Morgan fingerprint density at radius 3 is 2.43 bits per heavy atom. The predicted octanol–water partition coefficient (Wildman–Crippen LogP) is 3.49. The van der Waals surface area contributed by atoms with E-state index in [-0.39, 0.29) is 0 Å². The Morgan fingerprint density at radius 2 is 1.76 bits per heavy atom. The van der Waals surface area contributed by atoms with Crippen LogP contribution in [0.25, 0.3) is 6.08 Å². The van der Waals surface area contributed by atoms with Gasteiger partial charge in [-0.2, -0.15) is 0 Å². The van der Waals surface area contributed by atoms with Crippen molar-refractivity contribution in [3.8, 4) is 11.6 Å². The van der Waals surface area contributed by atoms with Gasteiger partial charge in [0.15, 0.2) is 5.75 Å². The standard InChI is InChI=1S/C16H26N2O3/c1-4-6-11-20-15-13-14(9-8-10-19-3)17-18-16(15)21-12-7-5-2/h8-9,13H,4-7,10-12H2,1-3H3/b9-8+. The summed E-state index contributed by atoms with van der Waals surface area (Å²) in [6.07, 6.45) is 7.91. The summed E-state index contributed by atoms with van der Waals surface area (Å²) in [5.41, 5.74) is 0.737. The quantitative estimate of drug-likeness (QED) is 0.585. The highest BCUT2D eigenvalue weighted by molar-refractivity contribution is 5.48. The summed E-state index contributed by atoms with van der Waals surface area (Å²) in [6, 6.07) is 1.86. The first-order chi connectivity index (χ1) is 10.3. The minimum atomic E-state index is 0.475. The van der Waals surface area contributed by atoms with Crippen LogP contribution in [0.5, 0.6) is 11.6 Å². The van der Waals surface area contributed by atoms with E-state index < -0.39 is 0 Å². The molecule has 1 aromatic rings. The van der Waals surface area contributed by atoms with Crippen LogP contribution < -0.4 is 9.47 Å². The fourth-order valence-corrected chi connectivity index (χ4v) is 1.57. The van der Waals surface area contributed by atoms with Crippen molar-refractivity contribution in [3.63, 3.8) is 0 Å². The molecule has 1 heterocycles. The predicted molar refractivity (Wildman–Crippen MR) is 83.7 cm³/mol. The molecule has 0 amide bonds. The molecule has 0 fully saturated rings. The maximum Gasteiger partial charge on any atom is 0.276 e. The molecule has 21 heavy (non-hydrogen) atoms. The smallest absolute Gasteiger partial charge is 0.276 e. The SMILES string of the molecule is CCCCOc1cc(/C=C/COC)nnc1OCCCC. The van der Waals surface area contributed by atoms with Gasteiger partial charge in [0, 0.05) is 13.2 Å². The molecule has 0 radical (unpaired) electrons. The Balaban J connectivity index is 2.74. The molecule has 0 saturated carbocycles. The van der Waals surface area contributed by atoms with Crippen molar-refractivity contribution >= 4 is 6.08 Å². The van der Waals surface area contributed by atoms with Gasteiger partial charge in [0.2, 0.25) is 0 Å². The number of methoxy groups -OCH3 is 1. The third kappa shape index (κ3) is 7.09. The lowest BCUT2D eigenvalue weighted by molar-refractivity contribution is 0.234. The van der Waals surface area contributed by atoms with E-state index in [0.29, 0.717) is 31.5 Å². The molecule has 118 valence electrons. The lowest BCUT2D eigenvalue weighted by Gasteiger charge is -2.11. The van der Waals surface area contributed by atoms with Crippen molar-refractivity contribution in [2.45, 2.75) is 39.5 Å². The van der Waals surface area contributed by atoms with Crippen LogP contribution in [-0.2, 0) is 4.74 Å². The van der Waals surface area contributed by atoms with Gasteiger partial charge in [-0.1, -0.05) is 32.8 Å². The van der Waals surface area contributed by atoms with Crippen LogP contribution in [0.4, 0.5) is 0 Å². The van der Waals surface area contributed by atoms with Crippen molar-refractivity contribution in [2.24, 2.45) is 0 Å². The first kappa shape index (κ1) is 17.4. The zero-order valence-electron chi connectivity index (χ0n) is 13.3. The van der Waals surface area contributed by atoms with Crippen molar-refractivity contribution in [1.29, 1.82) is 0 Å². The molecule has 0 bridgehead atoms. The molecule has 0 aliphatic rings. The molecule has 1 aromatic heterocycles. The number of nitrogens with zero attached hydrogens (tertiary/aromatic N) is 2. The van der Waals surface area contributed by atoms with Gasteiger partial charge in [0.25, 0.3) is 5.88 Å². The third-order valence-electron chi connectivity index (χ3n) is 2.79. The fourth-order valence-electron chi connectivity index (χ4n) is 1.57. The van der Waals surface area contributed by atoms with E-state index in [1.165, 1.54) is 0 Å². The second kappa shape index (κ2) is 11.1. The van der Waals surface area contributed by atoms with Crippen molar-refractivity contribution in [2.75, 3.05) is 26.9 Å². The van der Waals surface area contributed by atoms with Gasteiger partial charge in [-0.05, 0) is 18.9 Å². The number of hydrogen-bond acceptors (Lipinski definition) is 5. The molecular weight excluding hydrogens is 268 g/mol. The van der Waals surface area contributed by atoms with Crippen LogP contribution in [0.15, 0.2) is 12.1 Å². The fraction of sp³-hybridized carbons (Fsp3) is 0.625. The van der Waals surface area contributed by atoms with Crippen LogP contribution in [0, 0.1) is 0 Å². The summed E-state index contributed by atoms with van der Waals surface area (Å²) >= 11 is 0. The highest BCUT2D eigenvalue weighted by atomic mass is 16.5. The largest absolute Gasteiger partial charge is 0.488 e. The van der Waals surface area contributed by atoms with E-state index in [2.05, 4.69) is 24.0 Å². The molecule has 0 N–H and O–H groups in total. The van der Waals surface area contributed by atoms with E-state index in [1.807, 2.05) is 18.2 Å². The molecular formula is C16H26N2O3. The summed E-state index contributed by atoms with van der Waals surface area (Å²) in [7, 11) is 1.65. The lowest BCUT2D eigenvalue weighted by Crippen LogP contribution is -2.05. The Kier molecular flexibility index (Phi) is 9.20. The number of unbranched alkanes of at least 4 members (excludes halogenated alkanes) is 2. The van der Waals surface area contributed by atoms with Crippen molar-refractivity contribution in [1.82, 2.24) is 10.2 Å². The van der Waals surface area contributed by atoms with Gasteiger partial charge in [-0.25, -0.2) is 0 Å². The van der Waals surface area contributed by atoms with E-state index >= 15 is 0 Å². The number of aromatic nitrogens is 2. The molecule has 0 aliphatic heterocycles. The van der Waals surface area contributed by atoms with E-state index in [1.54, 1.807) is 7.11 Å². The number of ether oxygens (including phenoxy) is 3. The van der Waals surface area contributed by atoms with Crippen LogP contribution >= 0.6 is 0 Å². The van der Waals surface area contributed by atoms with Gasteiger partial charge in [-0.15, -0.1) is 10.2 Å². The summed E-state index contributed by atoms with van der Waals surface area (Å²) in [4.78, 5) is 0. The van der Waals surface area contributed by atoms with Crippen molar-refractivity contribution < 1.29 is 14.2 Å². The molecule has 0 spiro atoms. The molecule has 0 saturated heterocycles. The Hall–Kier alpha value is -1.62. The van der Waals surface area contributed by atoms with Crippen LogP contribution in [0.2, 0.25) is 0 Å². The molecule has 5 nitrogen and oxygen atoms in total. The van der Waals surface area contributed by atoms with E-state index in [9.17, 15) is 0 Å². The lowest BCUT2D eigenvalue weighted by atomic mass is 10.3. The average molecular weight is 294 g/mol. The van der Waals surface area contributed by atoms with Gasteiger partial charge >= 0.3 is 0 Å². The molecule has 0 atom stereocenters. The molecule has 0 aromatic carbocycles. The molecule has 5 heteroatoms. The van der Waals surface area contributed by atoms with Gasteiger partial charge in [-0.3, -0.25) is 0 Å². The molecule has 1 rings (SSSR count). The second-order valence-electron chi connectivity index (χ2n) is 4.70. The maximum atomic E-state index is 5.76. The number of rotatable bonds is 11. The minimum absolute atomic E-state index is 0.475. The summed E-state index contributed by atoms with van der Waals surface area (Å²) in [5.74, 6) is 1.13. The van der Waals surface area contributed by atoms with Gasteiger partial charge < -0.3 is 14.2 Å². The third-order valence-corrected chi connectivity index (χ3v) is 2.79. The van der Waals surface area contributed by atoms with Crippen LogP contribution in [-0.4, -0.2) is 37.1 Å². The van der Waals surface area contributed by atoms with E-state index in [4.69, 9.17) is 14.2 Å². The zero-order valence-corrected chi connectivity index (χ0v) is 13.3. The monoisotopic (exact) mass is 294 g/mol. The second-order valence-corrected chi connectivity index (χ2v) is 4.70.